The summed E-state index contributed by atoms with van der Waals surface area (Å²) >= 11 is 0. The van der Waals surface area contributed by atoms with Gasteiger partial charge in [0.05, 0.1) is 0 Å². The van der Waals surface area contributed by atoms with Gasteiger partial charge in [0.15, 0.2) is 0 Å². The molecule has 8 nitrogen and oxygen atoms in total. The normalized spacial score (nSPS) is 10.9. The lowest BCUT2D eigenvalue weighted by Gasteiger charge is -2.20. The Kier molecular flexibility index (Phi) is 11.5. The molecule has 0 amide bonds. The predicted molar refractivity (Wildman–Crippen MR) is 284 cm³/mol. The van der Waals surface area contributed by atoms with Gasteiger partial charge in [-0.25, -0.2) is 19.9 Å². The van der Waals surface area contributed by atoms with Crippen molar-refractivity contribution in [3.63, 3.8) is 0 Å². The van der Waals surface area contributed by atoms with E-state index in [1.165, 1.54) is 43.1 Å². The van der Waals surface area contributed by atoms with Gasteiger partial charge in [0, 0.05) is 69.8 Å². The maximum absolute atomic E-state index is 4.50. The van der Waals surface area contributed by atoms with E-state index in [1.807, 2.05) is 72.8 Å². The highest BCUT2D eigenvalue weighted by Crippen LogP contribution is 2.46. The van der Waals surface area contributed by atoms with Crippen molar-refractivity contribution in [1.29, 1.82) is 0 Å². The number of aromatic nitrogens is 4. The number of anilines is 8. The molecule has 0 bridgehead atoms. The van der Waals surface area contributed by atoms with Gasteiger partial charge in [-0.3, -0.25) is 0 Å². The zero-order chi connectivity index (χ0) is 45.5. The molecule has 0 spiro atoms. The molecule has 0 aliphatic carbocycles. The summed E-state index contributed by atoms with van der Waals surface area (Å²) in [6.07, 6.45) is 7.20. The first-order valence-corrected chi connectivity index (χ1v) is 22.5. The first-order chi connectivity index (χ1) is 33.7. The van der Waals surface area contributed by atoms with Crippen LogP contribution in [0.3, 0.4) is 0 Å². The van der Waals surface area contributed by atoms with Crippen LogP contribution in [0.5, 0.6) is 0 Å². The largest absolute Gasteiger partial charge is 0.340 e. The van der Waals surface area contributed by atoms with E-state index in [2.05, 4.69) is 187 Å². The Bertz CT molecular complexity index is 3190. The molecule has 0 radical (unpaired) electrons. The monoisotopic (exact) mass is 876 g/mol. The lowest BCUT2D eigenvalue weighted by Crippen LogP contribution is -2.00. The van der Waals surface area contributed by atoms with Gasteiger partial charge in [-0.05, 0) is 116 Å². The topological polar surface area (TPSA) is 99.7 Å². The molecule has 68 heavy (non-hydrogen) atoms. The number of benzene rings is 8. The fourth-order valence-electron chi connectivity index (χ4n) is 8.88. The molecule has 12 aromatic rings. The Balaban J connectivity index is 0.000000149. The highest BCUT2D eigenvalue weighted by atomic mass is 15.0. The minimum atomic E-state index is 0.804. The summed E-state index contributed by atoms with van der Waals surface area (Å²) in [5.74, 6) is 3.22. The van der Waals surface area contributed by atoms with Gasteiger partial charge in [-0.2, -0.15) is 0 Å². The van der Waals surface area contributed by atoms with Crippen molar-refractivity contribution in [2.45, 2.75) is 0 Å². The van der Waals surface area contributed by atoms with Crippen LogP contribution in [0.2, 0.25) is 0 Å². The molecule has 12 rings (SSSR count). The SMILES string of the molecule is c1ccc(Nc2ccc3ccccc3c2-c2c(Nc3ccccn3)ccc3ccccc23)nc1.c1ccc(Nc2ccc3ccccc3c2-c2c(Nc3ccccn3)ccc3ccccc23)nc1. The van der Waals surface area contributed by atoms with Crippen LogP contribution in [0.15, 0.2) is 243 Å². The fraction of sp³-hybridized carbons (Fsp3) is 0. The highest BCUT2D eigenvalue weighted by Gasteiger charge is 2.20. The van der Waals surface area contributed by atoms with E-state index in [0.717, 1.165) is 68.3 Å². The van der Waals surface area contributed by atoms with Gasteiger partial charge >= 0.3 is 0 Å². The average molecular weight is 877 g/mol. The first kappa shape index (κ1) is 41.3. The van der Waals surface area contributed by atoms with Crippen molar-refractivity contribution in [3.05, 3.63) is 243 Å². The third-order valence-electron chi connectivity index (χ3n) is 11.9. The fourth-order valence-corrected chi connectivity index (χ4v) is 8.88. The average Bonchev–Trinajstić information content (AvgIpc) is 3.40. The maximum atomic E-state index is 4.50. The Labute approximate surface area is 394 Å². The van der Waals surface area contributed by atoms with Gasteiger partial charge < -0.3 is 21.3 Å². The van der Waals surface area contributed by atoms with E-state index < -0.39 is 0 Å². The number of fused-ring (bicyclic) bond motifs is 4. The number of pyridine rings is 4. The second-order valence-corrected chi connectivity index (χ2v) is 16.2. The molecule has 4 heterocycles. The Morgan fingerprint density at radius 2 is 0.426 bits per heavy atom. The molecule has 0 atom stereocenters. The lowest BCUT2D eigenvalue weighted by molar-refractivity contribution is 1.31. The number of nitrogens with zero attached hydrogens (tertiary/aromatic N) is 4. The zero-order valence-electron chi connectivity index (χ0n) is 36.9. The smallest absolute Gasteiger partial charge is 0.130 e. The third kappa shape index (κ3) is 8.60. The molecule has 0 fully saturated rings. The van der Waals surface area contributed by atoms with E-state index in [-0.39, 0.29) is 0 Å². The van der Waals surface area contributed by atoms with Crippen molar-refractivity contribution < 1.29 is 0 Å². The van der Waals surface area contributed by atoms with Crippen LogP contribution in [-0.4, -0.2) is 19.9 Å². The molecule has 0 saturated heterocycles. The summed E-state index contributed by atoms with van der Waals surface area (Å²) in [6, 6.07) is 74.7. The van der Waals surface area contributed by atoms with E-state index in [9.17, 15) is 0 Å². The third-order valence-corrected chi connectivity index (χ3v) is 11.9. The number of hydrogen-bond acceptors (Lipinski definition) is 8. The van der Waals surface area contributed by atoms with Crippen LogP contribution in [0.1, 0.15) is 0 Å². The maximum Gasteiger partial charge on any atom is 0.130 e. The van der Waals surface area contributed by atoms with Crippen LogP contribution in [0.25, 0.3) is 65.3 Å². The first-order valence-electron chi connectivity index (χ1n) is 22.5. The summed E-state index contributed by atoms with van der Waals surface area (Å²) in [5, 5.41) is 23.7. The molecular weight excluding hydrogens is 833 g/mol. The summed E-state index contributed by atoms with van der Waals surface area (Å²) in [7, 11) is 0. The van der Waals surface area contributed by atoms with Crippen molar-refractivity contribution in [2.24, 2.45) is 0 Å². The summed E-state index contributed by atoms with van der Waals surface area (Å²) in [4.78, 5) is 18.0. The second-order valence-electron chi connectivity index (χ2n) is 16.2. The zero-order valence-corrected chi connectivity index (χ0v) is 36.9. The molecule has 0 unspecified atom stereocenters. The van der Waals surface area contributed by atoms with E-state index in [0.29, 0.717) is 0 Å². The number of hydrogen-bond donors (Lipinski definition) is 4. The van der Waals surface area contributed by atoms with Gasteiger partial charge in [-0.1, -0.05) is 146 Å². The van der Waals surface area contributed by atoms with Crippen molar-refractivity contribution in [1.82, 2.24) is 19.9 Å². The molecule has 0 saturated carbocycles. The molecule has 4 aromatic heterocycles. The number of nitrogens with one attached hydrogen (secondary N) is 4. The van der Waals surface area contributed by atoms with Crippen LogP contribution in [0, 0.1) is 0 Å². The van der Waals surface area contributed by atoms with Gasteiger partial charge in [0.2, 0.25) is 0 Å². The minimum Gasteiger partial charge on any atom is -0.340 e. The minimum absolute atomic E-state index is 0.804. The lowest BCUT2D eigenvalue weighted by atomic mass is 9.91. The quantitative estimate of drug-likeness (QED) is 0.108. The Hall–Kier alpha value is -9.40. The van der Waals surface area contributed by atoms with Gasteiger partial charge in [-0.15, -0.1) is 0 Å². The molecular formula is C60H44N8. The van der Waals surface area contributed by atoms with Gasteiger partial charge in [0.1, 0.15) is 23.3 Å². The molecule has 4 N–H and O–H groups in total. The van der Waals surface area contributed by atoms with Crippen LogP contribution < -0.4 is 21.3 Å². The summed E-state index contributed by atoms with van der Waals surface area (Å²) in [6.45, 7) is 0. The standard InChI is InChI=1S/2C30H22N4/c2*1-3-11-23-21(9-1)15-17-25(33-27-13-5-7-19-31-27)29(23)30-24-12-4-2-10-22(24)16-18-26(30)34-28-14-6-8-20-32-28/h2*1-20H,(H,31,33)(H,32,34). The van der Waals surface area contributed by atoms with Crippen molar-refractivity contribution in [3.8, 4) is 22.3 Å². The molecule has 324 valence electrons. The van der Waals surface area contributed by atoms with Crippen molar-refractivity contribution in [2.75, 3.05) is 21.3 Å². The highest BCUT2D eigenvalue weighted by molar-refractivity contribution is 6.15. The molecule has 8 heteroatoms. The predicted octanol–water partition coefficient (Wildman–Crippen LogP) is 15.9. The second kappa shape index (κ2) is 19.0. The summed E-state index contributed by atoms with van der Waals surface area (Å²) < 4.78 is 0. The van der Waals surface area contributed by atoms with E-state index >= 15 is 0 Å². The Morgan fingerprint density at radius 1 is 0.206 bits per heavy atom. The van der Waals surface area contributed by atoms with Crippen molar-refractivity contribution >= 4 is 89.1 Å². The molecule has 8 aromatic carbocycles. The molecule has 0 aliphatic rings. The van der Waals surface area contributed by atoms with Crippen LogP contribution >= 0.6 is 0 Å². The number of rotatable bonds is 10. The van der Waals surface area contributed by atoms with Crippen LogP contribution in [0.4, 0.5) is 46.0 Å². The van der Waals surface area contributed by atoms with Crippen LogP contribution in [-0.2, 0) is 0 Å². The Morgan fingerprint density at radius 3 is 0.647 bits per heavy atom. The molecule has 0 aliphatic heterocycles. The van der Waals surface area contributed by atoms with Gasteiger partial charge in [0.25, 0.3) is 0 Å². The van der Waals surface area contributed by atoms with E-state index in [1.54, 1.807) is 24.8 Å². The summed E-state index contributed by atoms with van der Waals surface area (Å²) in [5.41, 5.74) is 8.49. The van der Waals surface area contributed by atoms with E-state index in [4.69, 9.17) is 0 Å².